The normalized spacial score (nSPS) is 16.4. The first-order chi connectivity index (χ1) is 13.1. The Hall–Kier alpha value is -2.82. The maximum Gasteiger partial charge on any atom is 0.228 e. The van der Waals surface area contributed by atoms with Crippen LogP contribution in [0.1, 0.15) is 17.5 Å². The molecular weight excluding hydrogens is 340 g/mol. The monoisotopic (exact) mass is 366 g/mol. The van der Waals surface area contributed by atoms with Crippen LogP contribution in [0.5, 0.6) is 5.75 Å². The molecule has 0 saturated carbocycles. The smallest absolute Gasteiger partial charge is 0.228 e. The maximum atomic E-state index is 12.8. The second kappa shape index (κ2) is 8.71. The topological polar surface area (TPSA) is 49.9 Å². The van der Waals surface area contributed by atoms with E-state index in [-0.39, 0.29) is 17.7 Å². The molecule has 2 aromatic rings. The lowest BCUT2D eigenvalue weighted by atomic mass is 10.1. The molecule has 1 aliphatic rings. The number of carbonyl (C=O) groups excluding carboxylic acids is 2. The van der Waals surface area contributed by atoms with Crippen molar-refractivity contribution in [1.29, 1.82) is 0 Å². The van der Waals surface area contributed by atoms with E-state index < -0.39 is 0 Å². The number of rotatable bonds is 7. The van der Waals surface area contributed by atoms with Gasteiger partial charge in [0.25, 0.3) is 0 Å². The molecule has 0 aromatic heterocycles. The van der Waals surface area contributed by atoms with E-state index in [2.05, 4.69) is 12.1 Å². The quantitative estimate of drug-likeness (QED) is 0.757. The van der Waals surface area contributed by atoms with Crippen molar-refractivity contribution in [2.75, 3.05) is 27.2 Å². The largest absolute Gasteiger partial charge is 0.497 e. The molecule has 0 unspecified atom stereocenters. The summed E-state index contributed by atoms with van der Waals surface area (Å²) in [5.74, 6) is 0.604. The Morgan fingerprint density at radius 1 is 1.15 bits per heavy atom. The molecule has 5 heteroatoms. The van der Waals surface area contributed by atoms with Gasteiger partial charge in [0.05, 0.1) is 13.0 Å². The molecular formula is C22H26N2O3. The van der Waals surface area contributed by atoms with Crippen LogP contribution in [0.15, 0.2) is 54.6 Å². The predicted molar refractivity (Wildman–Crippen MR) is 104 cm³/mol. The summed E-state index contributed by atoms with van der Waals surface area (Å²) in [7, 11) is 3.42. The van der Waals surface area contributed by atoms with Gasteiger partial charge in [-0.25, -0.2) is 0 Å². The lowest BCUT2D eigenvalue weighted by molar-refractivity contribution is -0.135. The molecule has 0 bridgehead atoms. The lowest BCUT2D eigenvalue weighted by Crippen LogP contribution is -2.34. The van der Waals surface area contributed by atoms with E-state index in [0.717, 1.165) is 17.7 Å². The third-order valence-corrected chi connectivity index (χ3v) is 5.01. The highest BCUT2D eigenvalue weighted by molar-refractivity contribution is 5.89. The van der Waals surface area contributed by atoms with Gasteiger partial charge < -0.3 is 14.5 Å². The van der Waals surface area contributed by atoms with E-state index in [9.17, 15) is 9.59 Å². The van der Waals surface area contributed by atoms with Crippen molar-refractivity contribution in [3.8, 4) is 5.75 Å². The minimum Gasteiger partial charge on any atom is -0.497 e. The summed E-state index contributed by atoms with van der Waals surface area (Å²) in [5, 5.41) is 0. The summed E-state index contributed by atoms with van der Waals surface area (Å²) in [6.45, 7) is 1.67. The number of nitrogens with zero attached hydrogens (tertiary/aromatic N) is 2. The average molecular weight is 366 g/mol. The number of benzene rings is 2. The molecule has 1 atom stereocenters. The Morgan fingerprint density at radius 2 is 1.89 bits per heavy atom. The van der Waals surface area contributed by atoms with E-state index in [1.54, 1.807) is 19.1 Å². The molecule has 3 rings (SSSR count). The van der Waals surface area contributed by atoms with Gasteiger partial charge in [-0.1, -0.05) is 42.5 Å². The third-order valence-electron chi connectivity index (χ3n) is 5.01. The zero-order chi connectivity index (χ0) is 19.2. The van der Waals surface area contributed by atoms with Crippen molar-refractivity contribution in [1.82, 2.24) is 9.80 Å². The van der Waals surface area contributed by atoms with Crippen molar-refractivity contribution in [2.24, 2.45) is 5.92 Å². The third kappa shape index (κ3) is 4.88. The fourth-order valence-corrected chi connectivity index (χ4v) is 3.50. The predicted octanol–water partition coefficient (Wildman–Crippen LogP) is 2.74. The van der Waals surface area contributed by atoms with Crippen LogP contribution in [0.4, 0.5) is 0 Å². The van der Waals surface area contributed by atoms with E-state index in [1.165, 1.54) is 5.56 Å². The van der Waals surface area contributed by atoms with E-state index >= 15 is 0 Å². The molecule has 5 nitrogen and oxygen atoms in total. The molecule has 0 N–H and O–H groups in total. The summed E-state index contributed by atoms with van der Waals surface area (Å²) in [4.78, 5) is 28.6. The number of likely N-dealkylation sites (tertiary alicyclic amines) is 1. The molecule has 1 aliphatic heterocycles. The van der Waals surface area contributed by atoms with Gasteiger partial charge in [0.1, 0.15) is 5.75 Å². The van der Waals surface area contributed by atoms with E-state index in [1.807, 2.05) is 47.4 Å². The molecule has 0 aliphatic carbocycles. The lowest BCUT2D eigenvalue weighted by Gasteiger charge is -2.22. The van der Waals surface area contributed by atoms with Gasteiger partial charge >= 0.3 is 0 Å². The number of amides is 2. The van der Waals surface area contributed by atoms with Crippen molar-refractivity contribution in [2.45, 2.75) is 19.4 Å². The average Bonchev–Trinajstić information content (AvgIpc) is 3.07. The first kappa shape index (κ1) is 19.0. The van der Waals surface area contributed by atoms with E-state index in [0.29, 0.717) is 26.1 Å². The zero-order valence-corrected chi connectivity index (χ0v) is 15.9. The van der Waals surface area contributed by atoms with Crippen molar-refractivity contribution < 1.29 is 14.3 Å². The molecule has 0 spiro atoms. The maximum absolute atomic E-state index is 12.8. The first-order valence-corrected chi connectivity index (χ1v) is 9.26. The minimum atomic E-state index is -0.260. The summed E-state index contributed by atoms with van der Waals surface area (Å²) < 4.78 is 5.23. The molecule has 1 fully saturated rings. The van der Waals surface area contributed by atoms with Crippen molar-refractivity contribution >= 4 is 11.8 Å². The molecule has 27 heavy (non-hydrogen) atoms. The highest BCUT2D eigenvalue weighted by Crippen LogP contribution is 2.22. The summed E-state index contributed by atoms with van der Waals surface area (Å²) in [5.41, 5.74) is 2.21. The Kier molecular flexibility index (Phi) is 6.12. The summed E-state index contributed by atoms with van der Waals surface area (Å²) >= 11 is 0. The van der Waals surface area contributed by atoms with E-state index in [4.69, 9.17) is 4.74 Å². The van der Waals surface area contributed by atoms with Gasteiger partial charge in [-0.05, 0) is 29.7 Å². The van der Waals surface area contributed by atoms with Crippen LogP contribution in [0.3, 0.4) is 0 Å². The van der Waals surface area contributed by atoms with Crippen molar-refractivity contribution in [3.63, 3.8) is 0 Å². The van der Waals surface area contributed by atoms with Gasteiger partial charge in [0.15, 0.2) is 0 Å². The highest BCUT2D eigenvalue weighted by atomic mass is 16.5. The van der Waals surface area contributed by atoms with Crippen molar-refractivity contribution in [3.05, 3.63) is 65.7 Å². The molecule has 2 aromatic carbocycles. The standard InChI is InChI=1S/C22H26N2O3/c1-23(15-18-9-6-10-20(13-18)27-2)22(26)19-14-21(25)24(16-19)12-11-17-7-4-3-5-8-17/h3-10,13,19H,11-12,14-16H2,1-2H3/t19-/m1/s1. The first-order valence-electron chi connectivity index (χ1n) is 9.26. The second-order valence-corrected chi connectivity index (χ2v) is 7.02. The SMILES string of the molecule is COc1cccc(CN(C)C(=O)[C@@H]2CC(=O)N(CCc3ccccc3)C2)c1. The van der Waals surface area contributed by atoms with Gasteiger partial charge in [-0.2, -0.15) is 0 Å². The van der Waals surface area contributed by atoms with Gasteiger partial charge in [-0.3, -0.25) is 9.59 Å². The number of hydrogen-bond donors (Lipinski definition) is 0. The Bertz CT molecular complexity index is 791. The molecule has 0 radical (unpaired) electrons. The number of carbonyl (C=O) groups is 2. The fraction of sp³-hybridized carbons (Fsp3) is 0.364. The molecule has 1 heterocycles. The van der Waals surface area contributed by atoms with Gasteiger partial charge in [0, 0.05) is 33.1 Å². The van der Waals surface area contributed by atoms with Crippen LogP contribution >= 0.6 is 0 Å². The van der Waals surface area contributed by atoms with Crippen LogP contribution in [-0.2, 0) is 22.6 Å². The Balaban J connectivity index is 1.54. The Labute approximate surface area is 160 Å². The number of methoxy groups -OCH3 is 1. The van der Waals surface area contributed by atoms with Crippen LogP contribution in [-0.4, -0.2) is 48.9 Å². The zero-order valence-electron chi connectivity index (χ0n) is 15.9. The molecule has 1 saturated heterocycles. The molecule has 142 valence electrons. The second-order valence-electron chi connectivity index (χ2n) is 7.02. The van der Waals surface area contributed by atoms with Crippen LogP contribution in [0, 0.1) is 5.92 Å². The minimum absolute atomic E-state index is 0.0216. The number of ether oxygens (including phenoxy) is 1. The van der Waals surface area contributed by atoms with Crippen LogP contribution in [0.2, 0.25) is 0 Å². The fourth-order valence-electron chi connectivity index (χ4n) is 3.50. The van der Waals surface area contributed by atoms with Crippen LogP contribution in [0.25, 0.3) is 0 Å². The summed E-state index contributed by atoms with van der Waals surface area (Å²) in [6, 6.07) is 17.8. The number of hydrogen-bond acceptors (Lipinski definition) is 3. The highest BCUT2D eigenvalue weighted by Gasteiger charge is 2.35. The summed E-state index contributed by atoms with van der Waals surface area (Å²) in [6.07, 6.45) is 1.11. The van der Waals surface area contributed by atoms with Gasteiger partial charge in [0.2, 0.25) is 11.8 Å². The van der Waals surface area contributed by atoms with Gasteiger partial charge in [-0.15, -0.1) is 0 Å². The molecule has 2 amide bonds. The Morgan fingerprint density at radius 3 is 2.63 bits per heavy atom. The van der Waals surface area contributed by atoms with Crippen LogP contribution < -0.4 is 4.74 Å².